The fourth-order valence-electron chi connectivity index (χ4n) is 21.6. The van der Waals surface area contributed by atoms with Gasteiger partial charge in [-0.25, -0.2) is 23.6 Å². The first kappa shape index (κ1) is 98.6. The summed E-state index contributed by atoms with van der Waals surface area (Å²) < 4.78 is 30.4. The third kappa shape index (κ3) is 24.8. The number of aryl methyl sites for hydroxylation is 1. The Morgan fingerprint density at radius 3 is 1.10 bits per heavy atom. The molecule has 30 nitrogen and oxygen atoms in total. The Bertz CT molecular complexity index is 5480. The second-order valence-corrected chi connectivity index (χ2v) is 40.3. The van der Waals surface area contributed by atoms with Crippen molar-refractivity contribution >= 4 is 105 Å². The molecule has 8 aromatic rings. The van der Waals surface area contributed by atoms with E-state index in [1.807, 2.05) is 83.7 Å². The van der Waals surface area contributed by atoms with Crippen LogP contribution in [0.25, 0.3) is 0 Å². The van der Waals surface area contributed by atoms with Gasteiger partial charge in [-0.1, -0.05) is 91.5 Å². The van der Waals surface area contributed by atoms with Crippen molar-refractivity contribution in [2.75, 3.05) is 211 Å². The number of benzene rings is 4. The molecule has 3 spiro atoms. The molecule has 34 heteroatoms. The molecule has 4 N–H and O–H groups in total. The molecule has 11 fully saturated rings. The SMILES string of the molecule is C=C(C)Nc1ccn(C(=O)N2CCC3(CCCN3Cc3ccc(C)cc3N3CCCC3)CC2)n1.C=C(C)Nc1ccn(C(=O)N2CCC3(CCCN3Cc3ccc(Cl)cc3N3CCC4(CCOCC4)C3)CC2)n1.C=C(C)Nc1ccn(C(=O)N2CCN(Cc3ccc(Cl)cc3N3CCC(F)CC3)CC2)n1.C=C(C)Nc1ccn(C(=O)N2CCN(Cc3ccc(Cl)cc3N3CCOCC3)CC2)n1. The van der Waals surface area contributed by atoms with Gasteiger partial charge < -0.3 is 69.9 Å². The first-order chi connectivity index (χ1) is 65.7. The van der Waals surface area contributed by atoms with Crippen molar-refractivity contribution in [3.63, 3.8) is 0 Å². The highest BCUT2D eigenvalue weighted by Crippen LogP contribution is 2.47. The predicted octanol–water partition coefficient (Wildman–Crippen LogP) is 17.7. The summed E-state index contributed by atoms with van der Waals surface area (Å²) in [5, 5.41) is 31.8. The summed E-state index contributed by atoms with van der Waals surface area (Å²) in [6.45, 7) is 50.6. The lowest BCUT2D eigenvalue weighted by molar-refractivity contribution is 0.0254. The second kappa shape index (κ2) is 45.0. The molecule has 0 aliphatic carbocycles. The minimum atomic E-state index is -0.707. The Morgan fingerprint density at radius 2 is 0.706 bits per heavy atom. The maximum atomic E-state index is 13.6. The number of alkyl halides is 1. The topological polar surface area (TPSA) is 245 Å². The van der Waals surface area contributed by atoms with Crippen molar-refractivity contribution in [3.8, 4) is 0 Å². The lowest BCUT2D eigenvalue weighted by Gasteiger charge is -2.45. The van der Waals surface area contributed by atoms with Crippen LogP contribution in [0.15, 0.2) is 171 Å². The number of hydrogen-bond donors (Lipinski definition) is 4. The van der Waals surface area contributed by atoms with E-state index in [0.29, 0.717) is 85.8 Å². The van der Waals surface area contributed by atoms with Crippen LogP contribution in [0.5, 0.6) is 0 Å². The van der Waals surface area contributed by atoms with Crippen molar-refractivity contribution in [1.29, 1.82) is 0 Å². The molecule has 11 aliphatic rings. The highest BCUT2D eigenvalue weighted by molar-refractivity contribution is 6.31. The number of nitrogens with one attached hydrogen (secondary N) is 4. The van der Waals surface area contributed by atoms with E-state index in [0.717, 1.165) is 221 Å². The van der Waals surface area contributed by atoms with Crippen LogP contribution in [-0.4, -0.2) is 290 Å². The van der Waals surface area contributed by atoms with Crippen LogP contribution in [0.4, 0.5) is 69.6 Å². The molecular weight excluding hydrogens is 1780 g/mol. The molecule has 19 rings (SSSR count). The smallest absolute Gasteiger partial charge is 0.344 e. The fourth-order valence-corrected chi connectivity index (χ4v) is 22.1. The van der Waals surface area contributed by atoms with Gasteiger partial charge in [0.05, 0.1) is 13.2 Å². The summed E-state index contributed by atoms with van der Waals surface area (Å²) in [5.74, 6) is 2.53. The number of carbonyl (C=O) groups excluding carboxylic acids is 4. The number of anilines is 8. The van der Waals surface area contributed by atoms with E-state index in [9.17, 15) is 23.6 Å². The molecule has 11 aliphatic heterocycles. The Hall–Kier alpha value is -10.5. The monoisotopic (exact) mass is 1920 g/mol. The molecule has 730 valence electrons. The molecule has 0 saturated carbocycles. The number of carbonyl (C=O) groups is 4. The maximum Gasteiger partial charge on any atom is 0.344 e. The summed E-state index contributed by atoms with van der Waals surface area (Å²) in [7, 11) is 0. The van der Waals surface area contributed by atoms with Gasteiger partial charge in [0.15, 0.2) is 23.3 Å². The summed E-state index contributed by atoms with van der Waals surface area (Å²) in [5.41, 5.74) is 15.5. The van der Waals surface area contributed by atoms with Crippen LogP contribution in [0, 0.1) is 12.3 Å². The number of allylic oxidation sites excluding steroid dienone is 4. The van der Waals surface area contributed by atoms with E-state index >= 15 is 0 Å². The number of piperazine rings is 2. The molecule has 0 unspecified atom stereocenters. The second-order valence-electron chi connectivity index (χ2n) is 39.0. The first-order valence-corrected chi connectivity index (χ1v) is 50.1. The molecular formula is C102H138Cl3FN24O6. The largest absolute Gasteiger partial charge is 0.381 e. The number of nitrogens with zero attached hydrogens (tertiary/aromatic N) is 20. The highest BCUT2D eigenvalue weighted by atomic mass is 35.5. The van der Waals surface area contributed by atoms with E-state index in [2.05, 4.69) is 163 Å². The van der Waals surface area contributed by atoms with Gasteiger partial charge >= 0.3 is 24.1 Å². The standard InChI is InChI=1S/C30H41ClN6O2.C27H38N6O.C23H30ClFN6O.C22H29ClN6O2/c1-23(2)32-27-6-14-37(33-27)28(38)34-16-9-30(10-17-34)7-3-13-36(30)21-24-4-5-25(31)20-26(24)35-15-8-29(22-35)11-18-39-19-12-29;1-21(2)28-25-9-16-33(29-25)26(34)31-17-11-27(12-18-31)10-6-15-32(27)20-23-8-7-22(3)19-24(23)30-13-4-5-14-30;1-17(2)26-22-7-10-31(27-22)23(32)30-13-11-28(12-14-30)16-18-3-4-19(24)15-21(18)29-8-5-20(25)6-9-29;1-17(2)24-21-5-6-29(25-21)22(30)28-9-7-26(8-10-28)16-18-3-4-19(23)15-20(18)27-11-13-31-14-12-27/h4-6,14,20H,1,3,7-13,15-19,21-22H2,2H3,(H,32,33);7-9,16,19H,1,4-6,10-15,17-18,20H2,2-3H3,(H,28,29);3-4,7,10,15,20H,1,5-6,8-9,11-14,16H2,2H3,(H,26,27);3-6,15H,1,7-14,16H2,2H3,(H,24,25). The quantitative estimate of drug-likeness (QED) is 0.0554. The van der Waals surface area contributed by atoms with E-state index in [1.165, 1.54) is 122 Å². The van der Waals surface area contributed by atoms with Crippen molar-refractivity contribution in [3.05, 3.63) is 214 Å². The van der Waals surface area contributed by atoms with Gasteiger partial charge in [0.2, 0.25) is 0 Å². The van der Waals surface area contributed by atoms with Crippen LogP contribution < -0.4 is 40.9 Å². The fraction of sp³-hybridized carbons (Fsp3) is 0.529. The van der Waals surface area contributed by atoms with Crippen LogP contribution >= 0.6 is 34.8 Å². The predicted molar refractivity (Wildman–Crippen MR) is 542 cm³/mol. The molecule has 0 radical (unpaired) electrons. The normalized spacial score (nSPS) is 19.8. The molecule has 0 bridgehead atoms. The van der Waals surface area contributed by atoms with E-state index in [1.54, 1.807) is 36.9 Å². The molecule has 0 atom stereocenters. The van der Waals surface area contributed by atoms with Crippen LogP contribution in [0.3, 0.4) is 0 Å². The van der Waals surface area contributed by atoms with Gasteiger partial charge in [-0.15, -0.1) is 20.4 Å². The minimum absolute atomic E-state index is 0.0379. The third-order valence-electron chi connectivity index (χ3n) is 29.0. The molecule has 136 heavy (non-hydrogen) atoms. The van der Waals surface area contributed by atoms with E-state index < -0.39 is 6.17 Å². The van der Waals surface area contributed by atoms with Crippen LogP contribution in [0.2, 0.25) is 15.1 Å². The summed E-state index contributed by atoms with van der Waals surface area (Å²) in [4.78, 5) is 79.3. The number of hydrogen-bond acceptors (Lipinski definition) is 22. The van der Waals surface area contributed by atoms with Gasteiger partial charge in [0.25, 0.3) is 0 Å². The average Bonchev–Trinajstić information content (AvgIpc) is 1.59. The van der Waals surface area contributed by atoms with Gasteiger partial charge in [0.1, 0.15) is 6.17 Å². The van der Waals surface area contributed by atoms with Crippen LogP contribution in [-0.2, 0) is 35.7 Å². The van der Waals surface area contributed by atoms with Crippen molar-refractivity contribution < 1.29 is 33.0 Å². The molecule has 4 aromatic heterocycles. The van der Waals surface area contributed by atoms with Gasteiger partial charge in [-0.3, -0.25) is 19.6 Å². The first-order valence-electron chi connectivity index (χ1n) is 49.0. The third-order valence-corrected chi connectivity index (χ3v) is 29.7. The lowest BCUT2D eigenvalue weighted by Crippen LogP contribution is -2.53. The van der Waals surface area contributed by atoms with Crippen molar-refractivity contribution in [1.82, 2.24) is 78.3 Å². The number of aromatic nitrogens is 8. The minimum Gasteiger partial charge on any atom is -0.381 e. The van der Waals surface area contributed by atoms with Crippen molar-refractivity contribution in [2.24, 2.45) is 5.41 Å². The lowest BCUT2D eigenvalue weighted by atomic mass is 9.80. The van der Waals surface area contributed by atoms with Crippen molar-refractivity contribution in [2.45, 2.75) is 174 Å². The number of ether oxygens (including phenoxy) is 2. The Morgan fingerprint density at radius 1 is 0.368 bits per heavy atom. The zero-order chi connectivity index (χ0) is 95.2. The van der Waals surface area contributed by atoms with Gasteiger partial charge in [-0.2, -0.15) is 18.7 Å². The van der Waals surface area contributed by atoms with E-state index in [4.69, 9.17) is 44.3 Å². The number of piperidine rings is 3. The Labute approximate surface area is 816 Å². The van der Waals surface area contributed by atoms with Crippen LogP contribution in [0.1, 0.15) is 152 Å². The highest BCUT2D eigenvalue weighted by Gasteiger charge is 2.47. The Kier molecular flexibility index (Phi) is 32.6. The Balaban J connectivity index is 0.000000132. The number of amides is 4. The number of morpholine rings is 1. The number of rotatable bonds is 20. The summed E-state index contributed by atoms with van der Waals surface area (Å²) >= 11 is 19.1. The number of likely N-dealkylation sites (tertiary alicyclic amines) is 4. The maximum absolute atomic E-state index is 13.6. The van der Waals surface area contributed by atoms with Gasteiger partial charge in [0, 0.05) is 291 Å². The summed E-state index contributed by atoms with van der Waals surface area (Å²) in [6.07, 6.45) is 22.3. The summed E-state index contributed by atoms with van der Waals surface area (Å²) in [6, 6.07) is 32.4. The average molecular weight is 1920 g/mol. The zero-order valence-corrected chi connectivity index (χ0v) is 82.4. The molecule has 4 amide bonds. The molecule has 4 aromatic carbocycles. The molecule has 15 heterocycles. The zero-order valence-electron chi connectivity index (χ0n) is 80.2. The molecule has 11 saturated heterocycles. The number of halogens is 4. The van der Waals surface area contributed by atoms with Gasteiger partial charge in [-0.05, 0) is 220 Å². The van der Waals surface area contributed by atoms with E-state index in [-0.39, 0.29) is 35.2 Å².